The molecule has 6 heteroatoms. The second-order valence-electron chi connectivity index (χ2n) is 3.97. The Balaban J connectivity index is 2.18. The number of thiazole rings is 2. The van der Waals surface area contributed by atoms with Crippen molar-refractivity contribution in [3.8, 4) is 0 Å². The van der Waals surface area contributed by atoms with Crippen LogP contribution >= 0.6 is 22.7 Å². The van der Waals surface area contributed by atoms with Crippen LogP contribution < -0.4 is 11.3 Å². The van der Waals surface area contributed by atoms with Gasteiger partial charge in [0.2, 0.25) is 0 Å². The van der Waals surface area contributed by atoms with Gasteiger partial charge in [-0.25, -0.2) is 9.97 Å². The average molecular weight is 268 g/mol. The minimum Gasteiger partial charge on any atom is -0.271 e. The lowest BCUT2D eigenvalue weighted by atomic mass is 10.1. The number of aryl methyl sites for hydroxylation is 3. The van der Waals surface area contributed by atoms with Crippen molar-refractivity contribution in [3.05, 3.63) is 31.7 Å². The third-order valence-corrected chi connectivity index (χ3v) is 4.89. The van der Waals surface area contributed by atoms with Crippen molar-refractivity contribution < 1.29 is 0 Å². The van der Waals surface area contributed by atoms with Crippen molar-refractivity contribution in [2.75, 3.05) is 0 Å². The summed E-state index contributed by atoms with van der Waals surface area (Å²) in [6, 6.07) is 0.104. The number of nitrogens with two attached hydrogens (primary N) is 1. The first-order valence-electron chi connectivity index (χ1n) is 5.40. The highest BCUT2D eigenvalue weighted by molar-refractivity contribution is 7.11. The van der Waals surface area contributed by atoms with E-state index in [4.69, 9.17) is 5.84 Å². The number of nitrogens with one attached hydrogen (secondary N) is 1. The highest BCUT2D eigenvalue weighted by Gasteiger charge is 2.17. The van der Waals surface area contributed by atoms with E-state index in [1.807, 2.05) is 19.4 Å². The Bertz CT molecular complexity index is 484. The Hall–Kier alpha value is -0.820. The fourth-order valence-corrected chi connectivity index (χ4v) is 3.52. The van der Waals surface area contributed by atoms with Crippen LogP contribution in [-0.4, -0.2) is 9.97 Å². The summed E-state index contributed by atoms with van der Waals surface area (Å²) in [6.07, 6.45) is 0.818. The summed E-state index contributed by atoms with van der Waals surface area (Å²) in [5, 5.41) is 1.12. The van der Waals surface area contributed by atoms with Gasteiger partial charge in [0.15, 0.2) is 0 Å². The molecule has 0 amide bonds. The minimum atomic E-state index is 0.104. The van der Waals surface area contributed by atoms with Crippen molar-refractivity contribution in [1.82, 2.24) is 15.4 Å². The summed E-state index contributed by atoms with van der Waals surface area (Å²) in [4.78, 5) is 11.3. The third kappa shape index (κ3) is 2.71. The molecule has 2 rings (SSSR count). The fourth-order valence-electron chi connectivity index (χ4n) is 1.67. The summed E-state index contributed by atoms with van der Waals surface area (Å²) in [5.41, 5.74) is 6.87. The van der Waals surface area contributed by atoms with Crippen LogP contribution in [0.3, 0.4) is 0 Å². The van der Waals surface area contributed by atoms with Crippen molar-refractivity contribution in [1.29, 1.82) is 0 Å². The van der Waals surface area contributed by atoms with Crippen LogP contribution in [-0.2, 0) is 6.42 Å². The van der Waals surface area contributed by atoms with Crippen LogP contribution in [0.25, 0.3) is 0 Å². The Morgan fingerprint density at radius 2 is 2.12 bits per heavy atom. The van der Waals surface area contributed by atoms with Crippen LogP contribution in [0.5, 0.6) is 0 Å². The maximum absolute atomic E-state index is 5.63. The van der Waals surface area contributed by atoms with Gasteiger partial charge in [-0.2, -0.15) is 0 Å². The molecule has 0 aliphatic rings. The summed E-state index contributed by atoms with van der Waals surface area (Å²) in [6.45, 7) is 6.14. The Morgan fingerprint density at radius 1 is 1.35 bits per heavy atom. The number of hydrazine groups is 1. The molecule has 0 spiro atoms. The van der Waals surface area contributed by atoms with E-state index < -0.39 is 0 Å². The molecule has 92 valence electrons. The molecule has 2 aromatic heterocycles. The number of hydrogen-bond acceptors (Lipinski definition) is 6. The molecule has 2 aromatic rings. The monoisotopic (exact) mass is 268 g/mol. The molecule has 3 N–H and O–H groups in total. The van der Waals surface area contributed by atoms with Crippen molar-refractivity contribution in [2.45, 2.75) is 33.2 Å². The molecule has 0 saturated carbocycles. The van der Waals surface area contributed by atoms with Gasteiger partial charge in [0.1, 0.15) is 0 Å². The zero-order valence-corrected chi connectivity index (χ0v) is 11.8. The van der Waals surface area contributed by atoms with Crippen LogP contribution in [0.1, 0.15) is 32.2 Å². The van der Waals surface area contributed by atoms with Crippen LogP contribution in [0, 0.1) is 20.8 Å². The topological polar surface area (TPSA) is 63.8 Å². The number of rotatable bonds is 4. The highest BCUT2D eigenvalue weighted by Crippen LogP contribution is 2.27. The number of hydrogen-bond donors (Lipinski definition) is 2. The van der Waals surface area contributed by atoms with Gasteiger partial charge >= 0.3 is 0 Å². The van der Waals surface area contributed by atoms with Crippen LogP contribution in [0.15, 0.2) is 5.51 Å². The summed E-state index contributed by atoms with van der Waals surface area (Å²) in [5.74, 6) is 5.63. The summed E-state index contributed by atoms with van der Waals surface area (Å²) in [7, 11) is 0. The molecule has 0 radical (unpaired) electrons. The van der Waals surface area contributed by atoms with Gasteiger partial charge in [-0.15, -0.1) is 22.7 Å². The molecule has 1 atom stereocenters. The standard InChI is InChI=1S/C11H16N4S2/c1-6-8(3)17-10(14-6)4-9(15-12)11-7(2)13-5-16-11/h5,9,15H,4,12H2,1-3H3. The van der Waals surface area contributed by atoms with Crippen molar-refractivity contribution >= 4 is 22.7 Å². The zero-order chi connectivity index (χ0) is 12.4. The van der Waals surface area contributed by atoms with E-state index in [1.165, 1.54) is 9.75 Å². The molecule has 0 aromatic carbocycles. The van der Waals surface area contributed by atoms with E-state index in [-0.39, 0.29) is 6.04 Å². The van der Waals surface area contributed by atoms with Gasteiger partial charge < -0.3 is 0 Å². The van der Waals surface area contributed by atoms with E-state index in [9.17, 15) is 0 Å². The van der Waals surface area contributed by atoms with Crippen molar-refractivity contribution in [2.24, 2.45) is 5.84 Å². The predicted molar refractivity (Wildman–Crippen MR) is 72.2 cm³/mol. The molecule has 4 nitrogen and oxygen atoms in total. The van der Waals surface area contributed by atoms with E-state index in [0.717, 1.165) is 22.8 Å². The van der Waals surface area contributed by atoms with E-state index in [2.05, 4.69) is 22.3 Å². The Morgan fingerprint density at radius 3 is 2.59 bits per heavy atom. The van der Waals surface area contributed by atoms with E-state index >= 15 is 0 Å². The molecular weight excluding hydrogens is 252 g/mol. The smallest absolute Gasteiger partial charge is 0.0950 e. The second kappa shape index (κ2) is 5.22. The maximum atomic E-state index is 5.63. The third-order valence-electron chi connectivity index (χ3n) is 2.75. The van der Waals surface area contributed by atoms with Gasteiger partial charge in [-0.05, 0) is 20.8 Å². The first-order valence-corrected chi connectivity index (χ1v) is 7.10. The number of nitrogens with zero attached hydrogens (tertiary/aromatic N) is 2. The first-order chi connectivity index (χ1) is 8.11. The largest absolute Gasteiger partial charge is 0.271 e. The maximum Gasteiger partial charge on any atom is 0.0950 e. The lowest BCUT2D eigenvalue weighted by molar-refractivity contribution is 0.555. The number of aromatic nitrogens is 2. The van der Waals surface area contributed by atoms with Gasteiger partial charge in [-0.1, -0.05) is 0 Å². The van der Waals surface area contributed by atoms with Crippen molar-refractivity contribution in [3.63, 3.8) is 0 Å². The predicted octanol–water partition coefficient (Wildman–Crippen LogP) is 2.27. The molecule has 1 unspecified atom stereocenters. The second-order valence-corrected chi connectivity index (χ2v) is 6.15. The fraction of sp³-hybridized carbons (Fsp3) is 0.455. The molecule has 17 heavy (non-hydrogen) atoms. The summed E-state index contributed by atoms with van der Waals surface area (Å²) >= 11 is 3.37. The molecule has 0 aliphatic heterocycles. The van der Waals surface area contributed by atoms with Crippen LogP contribution in [0.2, 0.25) is 0 Å². The van der Waals surface area contributed by atoms with Gasteiger partial charge in [0, 0.05) is 16.2 Å². The van der Waals surface area contributed by atoms with Gasteiger partial charge in [0.25, 0.3) is 0 Å². The molecule has 0 aliphatic carbocycles. The Labute approximate surface area is 109 Å². The first kappa shape index (κ1) is 12.6. The quantitative estimate of drug-likeness (QED) is 0.659. The molecule has 2 heterocycles. The van der Waals surface area contributed by atoms with E-state index in [1.54, 1.807) is 22.7 Å². The SMILES string of the molecule is Cc1nc(CC(NN)c2scnc2C)sc1C. The van der Waals surface area contributed by atoms with Gasteiger partial charge in [0.05, 0.1) is 27.9 Å². The zero-order valence-electron chi connectivity index (χ0n) is 10.2. The molecule has 0 saturated heterocycles. The van der Waals surface area contributed by atoms with Gasteiger partial charge in [-0.3, -0.25) is 11.3 Å². The lowest BCUT2D eigenvalue weighted by Gasteiger charge is -2.12. The minimum absolute atomic E-state index is 0.104. The van der Waals surface area contributed by atoms with E-state index in [0.29, 0.717) is 0 Å². The normalized spacial score (nSPS) is 12.9. The Kier molecular flexibility index (Phi) is 3.88. The molecular formula is C11H16N4S2. The molecule has 0 fully saturated rings. The molecule has 0 bridgehead atoms. The lowest BCUT2D eigenvalue weighted by Crippen LogP contribution is -2.29. The average Bonchev–Trinajstić information content (AvgIpc) is 2.83. The highest BCUT2D eigenvalue weighted by atomic mass is 32.1. The van der Waals surface area contributed by atoms with Crippen LogP contribution in [0.4, 0.5) is 0 Å². The summed E-state index contributed by atoms with van der Waals surface area (Å²) < 4.78 is 0.